The van der Waals surface area contributed by atoms with Crippen molar-refractivity contribution in [1.82, 2.24) is 5.32 Å². The van der Waals surface area contributed by atoms with E-state index in [0.717, 1.165) is 34.5 Å². The molecule has 0 radical (unpaired) electrons. The SMILES string of the molecule is CC(C)CCC(=O)NCC(C)(C)C(c1ccccc1)c1ccc(Nc2ccc(F)cc2)c(C=N)c1. The Balaban J connectivity index is 1.90. The molecule has 3 rings (SSSR count). The summed E-state index contributed by atoms with van der Waals surface area (Å²) >= 11 is 0. The third-order valence-corrected chi connectivity index (χ3v) is 6.29. The Labute approximate surface area is 208 Å². The van der Waals surface area contributed by atoms with Crippen LogP contribution in [-0.2, 0) is 4.79 Å². The van der Waals surface area contributed by atoms with E-state index in [2.05, 4.69) is 56.5 Å². The van der Waals surface area contributed by atoms with Crippen LogP contribution >= 0.6 is 0 Å². The Kier molecular flexibility index (Phi) is 8.80. The number of anilines is 2. The van der Waals surface area contributed by atoms with Crippen LogP contribution in [0.1, 0.15) is 63.1 Å². The van der Waals surface area contributed by atoms with Crippen LogP contribution in [0.15, 0.2) is 72.8 Å². The number of hydrogen-bond acceptors (Lipinski definition) is 3. The van der Waals surface area contributed by atoms with Crippen molar-refractivity contribution in [1.29, 1.82) is 5.41 Å². The van der Waals surface area contributed by atoms with E-state index in [4.69, 9.17) is 5.41 Å². The molecule has 5 heteroatoms. The zero-order valence-corrected chi connectivity index (χ0v) is 21.1. The minimum Gasteiger partial charge on any atom is -0.356 e. The predicted octanol–water partition coefficient (Wildman–Crippen LogP) is 7.28. The molecule has 1 atom stereocenters. The van der Waals surface area contributed by atoms with Crippen LogP contribution in [0, 0.1) is 22.6 Å². The lowest BCUT2D eigenvalue weighted by molar-refractivity contribution is -0.121. The number of amides is 1. The van der Waals surface area contributed by atoms with Gasteiger partial charge in [0.25, 0.3) is 0 Å². The molecule has 1 unspecified atom stereocenters. The van der Waals surface area contributed by atoms with Crippen molar-refractivity contribution in [3.05, 3.63) is 95.3 Å². The van der Waals surface area contributed by atoms with Gasteiger partial charge in [-0.15, -0.1) is 0 Å². The first-order chi connectivity index (χ1) is 16.7. The van der Waals surface area contributed by atoms with Crippen LogP contribution in [0.2, 0.25) is 0 Å². The van der Waals surface area contributed by atoms with Gasteiger partial charge in [-0.2, -0.15) is 0 Å². The molecule has 0 spiro atoms. The minimum absolute atomic E-state index is 0.00710. The molecule has 0 aliphatic carbocycles. The van der Waals surface area contributed by atoms with E-state index in [1.165, 1.54) is 18.3 Å². The first-order valence-electron chi connectivity index (χ1n) is 12.2. The highest BCUT2D eigenvalue weighted by Gasteiger charge is 2.33. The highest BCUT2D eigenvalue weighted by atomic mass is 19.1. The van der Waals surface area contributed by atoms with Crippen molar-refractivity contribution in [2.24, 2.45) is 11.3 Å². The quantitative estimate of drug-likeness (QED) is 0.256. The highest BCUT2D eigenvalue weighted by Crippen LogP contribution is 2.41. The summed E-state index contributed by atoms with van der Waals surface area (Å²) in [6.07, 6.45) is 2.74. The average Bonchev–Trinajstić information content (AvgIpc) is 2.84. The van der Waals surface area contributed by atoms with E-state index in [-0.39, 0.29) is 23.1 Å². The molecule has 3 aromatic carbocycles. The van der Waals surface area contributed by atoms with Gasteiger partial charge in [0.15, 0.2) is 0 Å². The van der Waals surface area contributed by atoms with Crippen LogP contribution in [0.5, 0.6) is 0 Å². The normalized spacial score (nSPS) is 12.3. The lowest BCUT2D eigenvalue weighted by Gasteiger charge is -2.36. The summed E-state index contributed by atoms with van der Waals surface area (Å²) in [5.41, 5.74) is 4.22. The van der Waals surface area contributed by atoms with Gasteiger partial charge in [0.1, 0.15) is 5.82 Å². The first-order valence-corrected chi connectivity index (χ1v) is 12.2. The van der Waals surface area contributed by atoms with E-state index in [1.54, 1.807) is 12.1 Å². The number of halogens is 1. The van der Waals surface area contributed by atoms with Crippen molar-refractivity contribution in [3.63, 3.8) is 0 Å². The van der Waals surface area contributed by atoms with Gasteiger partial charge < -0.3 is 16.0 Å². The van der Waals surface area contributed by atoms with Crippen LogP contribution in [0.4, 0.5) is 15.8 Å². The fraction of sp³-hybridized carbons (Fsp3) is 0.333. The Hall–Kier alpha value is -3.47. The maximum atomic E-state index is 13.3. The van der Waals surface area contributed by atoms with Crippen LogP contribution < -0.4 is 10.6 Å². The molecule has 0 bridgehead atoms. The van der Waals surface area contributed by atoms with Crippen molar-refractivity contribution in [2.45, 2.75) is 46.5 Å². The van der Waals surface area contributed by atoms with Gasteiger partial charge >= 0.3 is 0 Å². The summed E-state index contributed by atoms with van der Waals surface area (Å²) < 4.78 is 13.3. The summed E-state index contributed by atoms with van der Waals surface area (Å²) in [5.74, 6) is 0.292. The maximum absolute atomic E-state index is 13.3. The molecule has 0 aliphatic heterocycles. The molecule has 1 amide bonds. The molecule has 0 aliphatic rings. The van der Waals surface area contributed by atoms with E-state index < -0.39 is 0 Å². The smallest absolute Gasteiger partial charge is 0.220 e. The minimum atomic E-state index is -0.289. The van der Waals surface area contributed by atoms with Gasteiger partial charge in [0, 0.05) is 42.0 Å². The van der Waals surface area contributed by atoms with Crippen molar-refractivity contribution in [3.8, 4) is 0 Å². The Morgan fingerprint density at radius 2 is 1.69 bits per heavy atom. The summed E-state index contributed by atoms with van der Waals surface area (Å²) in [4.78, 5) is 12.5. The third kappa shape index (κ3) is 7.25. The van der Waals surface area contributed by atoms with Crippen LogP contribution in [0.25, 0.3) is 0 Å². The van der Waals surface area contributed by atoms with Gasteiger partial charge in [-0.25, -0.2) is 4.39 Å². The second-order valence-electron chi connectivity index (χ2n) is 10.2. The molecule has 0 saturated carbocycles. The topological polar surface area (TPSA) is 65.0 Å². The number of benzene rings is 3. The van der Waals surface area contributed by atoms with E-state index >= 15 is 0 Å². The molecule has 35 heavy (non-hydrogen) atoms. The third-order valence-electron chi connectivity index (χ3n) is 6.29. The van der Waals surface area contributed by atoms with Crippen LogP contribution in [-0.4, -0.2) is 18.7 Å². The lowest BCUT2D eigenvalue weighted by atomic mass is 9.71. The van der Waals surface area contributed by atoms with Crippen molar-refractivity contribution >= 4 is 23.5 Å². The molecule has 0 heterocycles. The van der Waals surface area contributed by atoms with Gasteiger partial charge in [-0.3, -0.25) is 4.79 Å². The van der Waals surface area contributed by atoms with E-state index in [1.807, 2.05) is 30.3 Å². The summed E-state index contributed by atoms with van der Waals surface area (Å²) in [5, 5.41) is 14.5. The number of nitrogens with one attached hydrogen (secondary N) is 3. The number of carbonyl (C=O) groups is 1. The van der Waals surface area contributed by atoms with Gasteiger partial charge in [0.2, 0.25) is 5.91 Å². The summed E-state index contributed by atoms with van der Waals surface area (Å²) in [6.45, 7) is 9.12. The fourth-order valence-corrected chi connectivity index (χ4v) is 4.36. The predicted molar refractivity (Wildman–Crippen MR) is 143 cm³/mol. The largest absolute Gasteiger partial charge is 0.356 e. The second kappa shape index (κ2) is 11.8. The maximum Gasteiger partial charge on any atom is 0.220 e. The molecule has 3 N–H and O–H groups in total. The van der Waals surface area contributed by atoms with E-state index in [0.29, 0.717) is 18.9 Å². The number of rotatable bonds is 11. The van der Waals surface area contributed by atoms with Crippen LogP contribution in [0.3, 0.4) is 0 Å². The fourth-order valence-electron chi connectivity index (χ4n) is 4.36. The second-order valence-corrected chi connectivity index (χ2v) is 10.2. The Morgan fingerprint density at radius 1 is 1.00 bits per heavy atom. The average molecular weight is 474 g/mol. The highest BCUT2D eigenvalue weighted by molar-refractivity contribution is 5.88. The van der Waals surface area contributed by atoms with Crippen molar-refractivity contribution in [2.75, 3.05) is 11.9 Å². The molecule has 3 aromatic rings. The summed E-state index contributed by atoms with van der Waals surface area (Å²) in [6, 6.07) is 22.5. The molecular weight excluding hydrogens is 437 g/mol. The molecule has 184 valence electrons. The van der Waals surface area contributed by atoms with Crippen molar-refractivity contribution < 1.29 is 9.18 Å². The van der Waals surface area contributed by atoms with Gasteiger partial charge in [-0.1, -0.05) is 64.1 Å². The number of carbonyl (C=O) groups excluding carboxylic acids is 1. The van der Waals surface area contributed by atoms with E-state index in [9.17, 15) is 9.18 Å². The molecular formula is C30H36FN3O. The first kappa shape index (κ1) is 26.1. The standard InChI is InChI=1S/C30H36FN3O/c1-21(2)10-17-28(35)33-20-30(3,4)29(22-8-6-5-7-9-22)23-11-16-27(24(18-23)19-32)34-26-14-12-25(31)13-15-26/h5-9,11-16,18-19,21,29,32,34H,10,17,20H2,1-4H3,(H,33,35). The van der Waals surface area contributed by atoms with Gasteiger partial charge in [-0.05, 0) is 65.3 Å². The Morgan fingerprint density at radius 3 is 2.31 bits per heavy atom. The Bertz CT molecular complexity index is 1120. The monoisotopic (exact) mass is 473 g/mol. The molecule has 4 nitrogen and oxygen atoms in total. The zero-order chi connectivity index (χ0) is 25.4. The van der Waals surface area contributed by atoms with Gasteiger partial charge in [0.05, 0.1) is 0 Å². The molecule has 0 aromatic heterocycles. The molecule has 0 fully saturated rings. The molecule has 0 saturated heterocycles. The summed E-state index contributed by atoms with van der Waals surface area (Å²) in [7, 11) is 0. The zero-order valence-electron chi connectivity index (χ0n) is 21.1. The lowest BCUT2D eigenvalue weighted by Crippen LogP contribution is -2.38. The number of hydrogen-bond donors (Lipinski definition) is 3.